The van der Waals surface area contributed by atoms with Crippen LogP contribution >= 0.6 is 0 Å². The van der Waals surface area contributed by atoms with Gasteiger partial charge in [0.05, 0.1) is 6.42 Å². The van der Waals surface area contributed by atoms with Gasteiger partial charge in [0.15, 0.2) is 0 Å². The van der Waals surface area contributed by atoms with E-state index in [1.807, 2.05) is 81.4 Å². The summed E-state index contributed by atoms with van der Waals surface area (Å²) >= 11 is 0. The molecule has 0 radical (unpaired) electrons. The number of carbonyl (C=O) groups excluding carboxylic acids is 4. The molecule has 0 bridgehead atoms. The lowest BCUT2D eigenvalue weighted by molar-refractivity contribution is -0.157. The zero-order valence-corrected chi connectivity index (χ0v) is 24.9. The molecular weight excluding hydrogens is 518 g/mol. The van der Waals surface area contributed by atoms with E-state index in [2.05, 4.69) is 22.9 Å². The molecule has 0 aliphatic carbocycles. The average molecular weight is 564 g/mol. The summed E-state index contributed by atoms with van der Waals surface area (Å²) in [5.74, 6) is -2.43. The van der Waals surface area contributed by atoms with Gasteiger partial charge in [-0.25, -0.2) is 4.79 Å². The molecule has 3 N–H and O–H groups in total. The summed E-state index contributed by atoms with van der Waals surface area (Å²) in [6.45, 7) is 9.54. The zero-order valence-electron chi connectivity index (χ0n) is 24.9. The first kappa shape index (κ1) is 31.8. The molecule has 0 spiro atoms. The molecule has 0 unspecified atom stereocenters. The average Bonchev–Trinajstić information content (AvgIpc) is 2.95. The molecule has 0 saturated carbocycles. The van der Waals surface area contributed by atoms with Crippen LogP contribution in [0.2, 0.25) is 0 Å². The Hall–Kier alpha value is -3.68. The van der Waals surface area contributed by atoms with Crippen LogP contribution in [0.5, 0.6) is 0 Å². The summed E-state index contributed by atoms with van der Waals surface area (Å²) in [5.41, 5.74) is 1.69. The summed E-state index contributed by atoms with van der Waals surface area (Å²) in [7, 11) is 0. The van der Waals surface area contributed by atoms with Crippen molar-refractivity contribution in [2.75, 3.05) is 0 Å². The van der Waals surface area contributed by atoms with Gasteiger partial charge in [-0.2, -0.15) is 0 Å². The molecule has 8 heteroatoms. The van der Waals surface area contributed by atoms with Crippen LogP contribution < -0.4 is 16.0 Å². The van der Waals surface area contributed by atoms with Crippen LogP contribution in [0.4, 0.5) is 0 Å². The number of carbonyl (C=O) groups is 4. The topological polar surface area (TPSA) is 114 Å². The van der Waals surface area contributed by atoms with Crippen molar-refractivity contribution in [2.24, 2.45) is 11.8 Å². The van der Waals surface area contributed by atoms with Gasteiger partial charge >= 0.3 is 5.97 Å². The molecule has 1 aliphatic heterocycles. The number of hydrogen-bond acceptors (Lipinski definition) is 5. The van der Waals surface area contributed by atoms with E-state index in [-0.39, 0.29) is 18.3 Å². The number of benzene rings is 2. The van der Waals surface area contributed by atoms with Gasteiger partial charge in [0.25, 0.3) is 0 Å². The summed E-state index contributed by atoms with van der Waals surface area (Å²) < 4.78 is 5.96. The van der Waals surface area contributed by atoms with E-state index in [1.54, 1.807) is 6.92 Å². The van der Waals surface area contributed by atoms with Gasteiger partial charge in [-0.1, -0.05) is 101 Å². The van der Waals surface area contributed by atoms with E-state index >= 15 is 0 Å². The van der Waals surface area contributed by atoms with Gasteiger partial charge in [0.1, 0.15) is 24.2 Å². The molecule has 0 aromatic heterocycles. The molecule has 41 heavy (non-hydrogen) atoms. The lowest BCUT2D eigenvalue weighted by Gasteiger charge is -2.30. The third-order valence-corrected chi connectivity index (χ3v) is 7.61. The van der Waals surface area contributed by atoms with Crippen LogP contribution in [-0.2, 0) is 23.9 Å². The van der Waals surface area contributed by atoms with Crippen LogP contribution in [0.3, 0.4) is 0 Å². The van der Waals surface area contributed by atoms with Gasteiger partial charge in [-0.15, -0.1) is 0 Å². The van der Waals surface area contributed by atoms with Crippen LogP contribution in [-0.4, -0.2) is 47.9 Å². The number of amides is 3. The molecule has 1 aliphatic rings. The number of nitrogens with one attached hydrogen (secondary N) is 3. The molecule has 5 atom stereocenters. The Labute approximate surface area is 244 Å². The van der Waals surface area contributed by atoms with Gasteiger partial charge in [-0.05, 0) is 42.7 Å². The highest BCUT2D eigenvalue weighted by atomic mass is 16.5. The van der Waals surface area contributed by atoms with Crippen LogP contribution in [0.25, 0.3) is 0 Å². The Morgan fingerprint density at radius 1 is 0.829 bits per heavy atom. The van der Waals surface area contributed by atoms with Gasteiger partial charge in [0, 0.05) is 5.92 Å². The van der Waals surface area contributed by atoms with Gasteiger partial charge in [0.2, 0.25) is 17.7 Å². The number of cyclic esters (lactones) is 1. The standard InChI is InChI=1S/C33H45N3O5/c1-6-7-14-22(4)27-20-28(37)36-30(29(24-15-10-8-11-16-24)25-17-12-9-13-18-25)32(39)34-23(5)31(38)35-26(19-21(2)3)33(40)41-27/h8-13,15-18,21-23,26-27,29-30H,6-7,14,19-20H2,1-5H3,(H,34,39)(H,35,38)(H,36,37)/t22-,23-,26+,27+,30-/m0/s1. The van der Waals surface area contributed by atoms with Crippen molar-refractivity contribution in [3.63, 3.8) is 0 Å². The van der Waals surface area contributed by atoms with Crippen molar-refractivity contribution in [1.29, 1.82) is 0 Å². The van der Waals surface area contributed by atoms with Gasteiger partial charge in [-0.3, -0.25) is 14.4 Å². The van der Waals surface area contributed by atoms with E-state index in [9.17, 15) is 19.2 Å². The van der Waals surface area contributed by atoms with Crippen molar-refractivity contribution in [3.8, 4) is 0 Å². The second-order valence-electron chi connectivity index (χ2n) is 11.6. The molecule has 222 valence electrons. The minimum atomic E-state index is -1.02. The Kier molecular flexibility index (Phi) is 11.9. The summed E-state index contributed by atoms with van der Waals surface area (Å²) in [5, 5.41) is 8.55. The van der Waals surface area contributed by atoms with Crippen molar-refractivity contribution in [1.82, 2.24) is 16.0 Å². The predicted octanol–water partition coefficient (Wildman–Crippen LogP) is 4.48. The molecular formula is C33H45N3O5. The third-order valence-electron chi connectivity index (χ3n) is 7.61. The number of ether oxygens (including phenoxy) is 1. The summed E-state index contributed by atoms with van der Waals surface area (Å²) in [6.07, 6.45) is 2.26. The predicted molar refractivity (Wildman–Crippen MR) is 159 cm³/mol. The summed E-state index contributed by atoms with van der Waals surface area (Å²) in [4.78, 5) is 54.1. The van der Waals surface area contributed by atoms with E-state index in [0.29, 0.717) is 6.42 Å². The van der Waals surface area contributed by atoms with E-state index in [4.69, 9.17) is 4.74 Å². The fourth-order valence-electron chi connectivity index (χ4n) is 5.27. The number of rotatable bonds is 9. The molecule has 1 fully saturated rings. The molecule has 1 saturated heterocycles. The Bertz CT molecular complexity index is 1110. The van der Waals surface area contributed by atoms with Crippen LogP contribution in [0, 0.1) is 11.8 Å². The van der Waals surface area contributed by atoms with E-state index in [0.717, 1.165) is 30.4 Å². The zero-order chi connectivity index (χ0) is 29.9. The van der Waals surface area contributed by atoms with Crippen LogP contribution in [0.1, 0.15) is 83.8 Å². The van der Waals surface area contributed by atoms with Crippen molar-refractivity contribution < 1.29 is 23.9 Å². The number of esters is 1. The third kappa shape index (κ3) is 9.17. The first-order valence-electron chi connectivity index (χ1n) is 14.8. The quantitative estimate of drug-likeness (QED) is 0.390. The Morgan fingerprint density at radius 3 is 1.95 bits per heavy atom. The highest BCUT2D eigenvalue weighted by Gasteiger charge is 2.37. The first-order chi connectivity index (χ1) is 19.6. The fraction of sp³-hybridized carbons (Fsp3) is 0.515. The molecule has 8 nitrogen and oxygen atoms in total. The lowest BCUT2D eigenvalue weighted by atomic mass is 9.84. The number of unbranched alkanes of at least 4 members (excludes halogenated alkanes) is 1. The summed E-state index contributed by atoms with van der Waals surface area (Å²) in [6, 6.07) is 16.2. The fourth-order valence-corrected chi connectivity index (χ4v) is 5.27. The normalized spacial score (nSPS) is 23.4. The molecule has 2 aromatic carbocycles. The SMILES string of the molecule is CCCC[C@H](C)[C@H]1CC(=O)N[C@@H](C(c2ccccc2)c2ccccc2)C(=O)N[C@@H](C)C(=O)N[C@H](CC(C)C)C(=O)O1. The monoisotopic (exact) mass is 563 g/mol. The highest BCUT2D eigenvalue weighted by molar-refractivity contribution is 5.94. The molecule has 1 heterocycles. The van der Waals surface area contributed by atoms with E-state index < -0.39 is 53.8 Å². The first-order valence-corrected chi connectivity index (χ1v) is 14.8. The maximum atomic E-state index is 13.9. The maximum Gasteiger partial charge on any atom is 0.328 e. The minimum Gasteiger partial charge on any atom is -0.460 e. The molecule has 3 amide bonds. The second kappa shape index (κ2) is 15.4. The number of hydrogen-bond donors (Lipinski definition) is 3. The largest absolute Gasteiger partial charge is 0.460 e. The smallest absolute Gasteiger partial charge is 0.328 e. The van der Waals surface area contributed by atoms with Crippen molar-refractivity contribution in [3.05, 3.63) is 71.8 Å². The van der Waals surface area contributed by atoms with Gasteiger partial charge < -0.3 is 20.7 Å². The van der Waals surface area contributed by atoms with Crippen LogP contribution in [0.15, 0.2) is 60.7 Å². The Balaban J connectivity index is 2.05. The molecule has 2 aromatic rings. The van der Waals surface area contributed by atoms with Crippen molar-refractivity contribution in [2.45, 2.75) is 96.9 Å². The minimum absolute atomic E-state index is 0.0876. The molecule has 3 rings (SSSR count). The maximum absolute atomic E-state index is 13.9. The van der Waals surface area contributed by atoms with E-state index in [1.165, 1.54) is 0 Å². The Morgan fingerprint density at radius 2 is 1.41 bits per heavy atom. The second-order valence-corrected chi connectivity index (χ2v) is 11.6. The lowest BCUT2D eigenvalue weighted by Crippen LogP contribution is -2.56. The van der Waals surface area contributed by atoms with Crippen molar-refractivity contribution >= 4 is 23.7 Å². The highest BCUT2D eigenvalue weighted by Crippen LogP contribution is 2.29.